The summed E-state index contributed by atoms with van der Waals surface area (Å²) >= 11 is 0. The van der Waals surface area contributed by atoms with Gasteiger partial charge in [-0.15, -0.1) is 0 Å². The monoisotopic (exact) mass is 185 g/mol. The molecule has 5 heteroatoms. The van der Waals surface area contributed by atoms with E-state index in [1.807, 2.05) is 20.8 Å². The van der Waals surface area contributed by atoms with Gasteiger partial charge in [0.05, 0.1) is 5.54 Å². The number of hydrogen-bond acceptors (Lipinski definition) is 2. The molecule has 0 aromatic carbocycles. The summed E-state index contributed by atoms with van der Waals surface area (Å²) < 4.78 is 0. The first-order valence-corrected chi connectivity index (χ1v) is 4.17. The number of carbonyl (C=O) groups excluding carboxylic acids is 2. The Morgan fingerprint density at radius 3 is 2.31 bits per heavy atom. The first-order chi connectivity index (χ1) is 5.82. The number of urea groups is 1. The van der Waals surface area contributed by atoms with E-state index in [-0.39, 0.29) is 24.0 Å². The molecule has 13 heavy (non-hydrogen) atoms. The minimum atomic E-state index is -0.367. The van der Waals surface area contributed by atoms with Crippen LogP contribution in [0.25, 0.3) is 0 Å². The van der Waals surface area contributed by atoms with Gasteiger partial charge in [0, 0.05) is 7.05 Å². The fourth-order valence-electron chi connectivity index (χ4n) is 1.13. The molecule has 0 saturated carbocycles. The van der Waals surface area contributed by atoms with Gasteiger partial charge in [0.25, 0.3) is 5.91 Å². The molecule has 74 valence electrons. The van der Waals surface area contributed by atoms with Crippen LogP contribution < -0.4 is 5.43 Å². The van der Waals surface area contributed by atoms with Crippen LogP contribution in [-0.4, -0.2) is 41.0 Å². The molecule has 0 unspecified atom stereocenters. The summed E-state index contributed by atoms with van der Waals surface area (Å²) in [7, 11) is 1.59. The van der Waals surface area contributed by atoms with Crippen LogP contribution in [-0.2, 0) is 4.79 Å². The largest absolute Gasteiger partial charge is 0.336 e. The predicted molar refractivity (Wildman–Crippen MR) is 47.8 cm³/mol. The van der Waals surface area contributed by atoms with Crippen LogP contribution in [0.3, 0.4) is 0 Å². The van der Waals surface area contributed by atoms with Crippen molar-refractivity contribution >= 4 is 11.9 Å². The van der Waals surface area contributed by atoms with Gasteiger partial charge < -0.3 is 4.90 Å². The smallest absolute Gasteiger partial charge is 0.317 e. The van der Waals surface area contributed by atoms with E-state index in [1.54, 1.807) is 7.05 Å². The molecular formula is C8H15N3O2. The van der Waals surface area contributed by atoms with Crippen molar-refractivity contribution in [3.05, 3.63) is 0 Å². The van der Waals surface area contributed by atoms with Gasteiger partial charge in [0.15, 0.2) is 0 Å². The Labute approximate surface area is 77.7 Å². The van der Waals surface area contributed by atoms with Crippen molar-refractivity contribution in [3.63, 3.8) is 0 Å². The molecule has 0 atom stereocenters. The molecule has 1 saturated heterocycles. The molecule has 0 aromatic rings. The summed E-state index contributed by atoms with van der Waals surface area (Å²) in [4.78, 5) is 24.0. The Morgan fingerprint density at radius 1 is 1.31 bits per heavy atom. The van der Waals surface area contributed by atoms with Gasteiger partial charge in [-0.25, -0.2) is 15.2 Å². The fourth-order valence-corrected chi connectivity index (χ4v) is 1.13. The van der Waals surface area contributed by atoms with Gasteiger partial charge in [-0.3, -0.25) is 4.79 Å². The normalized spacial score (nSPS) is 19.1. The Bertz CT molecular complexity index is 244. The van der Waals surface area contributed by atoms with E-state index in [1.165, 1.54) is 9.91 Å². The lowest BCUT2D eigenvalue weighted by molar-refractivity contribution is -0.142. The molecule has 3 amide bonds. The molecule has 1 fully saturated rings. The minimum Gasteiger partial charge on any atom is -0.317 e. The molecule has 1 aliphatic heterocycles. The standard InChI is InChI=1S/C8H15N3O2/c1-8(2,3)11-6(12)5-10(4)7(13)9-11/h5H2,1-4H3,(H,9,13). The first-order valence-electron chi connectivity index (χ1n) is 4.17. The van der Waals surface area contributed by atoms with Gasteiger partial charge in [0.1, 0.15) is 6.54 Å². The third-order valence-corrected chi connectivity index (χ3v) is 1.85. The Hall–Kier alpha value is -1.26. The molecule has 0 spiro atoms. The number of rotatable bonds is 0. The molecule has 1 rings (SSSR count). The summed E-state index contributed by atoms with van der Waals surface area (Å²) in [6, 6.07) is -0.241. The van der Waals surface area contributed by atoms with Crippen LogP contribution in [0.1, 0.15) is 20.8 Å². The topological polar surface area (TPSA) is 52.7 Å². The zero-order valence-electron chi connectivity index (χ0n) is 8.42. The highest BCUT2D eigenvalue weighted by Crippen LogP contribution is 2.13. The van der Waals surface area contributed by atoms with Crippen LogP contribution in [0.15, 0.2) is 0 Å². The molecule has 1 heterocycles. The lowest BCUT2D eigenvalue weighted by atomic mass is 10.1. The van der Waals surface area contributed by atoms with Gasteiger partial charge in [-0.1, -0.05) is 0 Å². The number of hydrogen-bond donors (Lipinski definition) is 1. The average molecular weight is 185 g/mol. The minimum absolute atomic E-state index is 0.0883. The number of amides is 3. The van der Waals surface area contributed by atoms with Gasteiger partial charge >= 0.3 is 6.03 Å². The quantitative estimate of drug-likeness (QED) is 0.585. The van der Waals surface area contributed by atoms with Crippen LogP contribution in [0.5, 0.6) is 0 Å². The number of likely N-dealkylation sites (N-methyl/N-ethyl adjacent to an activating group) is 1. The van der Waals surface area contributed by atoms with E-state index in [0.29, 0.717) is 0 Å². The lowest BCUT2D eigenvalue weighted by Crippen LogP contribution is -2.64. The van der Waals surface area contributed by atoms with Crippen LogP contribution in [0.2, 0.25) is 0 Å². The van der Waals surface area contributed by atoms with E-state index < -0.39 is 0 Å². The second-order valence-electron chi connectivity index (χ2n) is 4.17. The van der Waals surface area contributed by atoms with Crippen molar-refractivity contribution in [1.29, 1.82) is 0 Å². The van der Waals surface area contributed by atoms with Crippen molar-refractivity contribution in [2.45, 2.75) is 26.3 Å². The highest BCUT2D eigenvalue weighted by Gasteiger charge is 2.34. The molecule has 1 N–H and O–H groups in total. The number of nitrogens with zero attached hydrogens (tertiary/aromatic N) is 2. The molecular weight excluding hydrogens is 170 g/mol. The number of nitrogens with one attached hydrogen (secondary N) is 1. The van der Waals surface area contributed by atoms with Crippen molar-refractivity contribution < 1.29 is 9.59 Å². The summed E-state index contributed by atoms with van der Waals surface area (Å²) in [6.45, 7) is 5.76. The molecule has 0 aliphatic carbocycles. The van der Waals surface area contributed by atoms with E-state index in [4.69, 9.17) is 0 Å². The zero-order chi connectivity index (χ0) is 10.2. The maximum atomic E-state index is 11.5. The SMILES string of the molecule is CN1CC(=O)N(C(C)(C)C)NC1=O. The highest BCUT2D eigenvalue weighted by molar-refractivity contribution is 5.89. The third-order valence-electron chi connectivity index (χ3n) is 1.85. The Balaban J connectivity index is 2.79. The lowest BCUT2D eigenvalue weighted by Gasteiger charge is -2.40. The van der Waals surface area contributed by atoms with E-state index in [0.717, 1.165) is 0 Å². The van der Waals surface area contributed by atoms with Gasteiger partial charge in [0.2, 0.25) is 0 Å². The van der Waals surface area contributed by atoms with Gasteiger partial charge in [-0.05, 0) is 20.8 Å². The first kappa shape index (κ1) is 9.83. The van der Waals surface area contributed by atoms with Crippen LogP contribution in [0.4, 0.5) is 4.79 Å². The fraction of sp³-hybridized carbons (Fsp3) is 0.750. The van der Waals surface area contributed by atoms with Crippen molar-refractivity contribution in [3.8, 4) is 0 Å². The molecule has 5 nitrogen and oxygen atoms in total. The summed E-state index contributed by atoms with van der Waals surface area (Å²) in [6.07, 6.45) is 0. The van der Waals surface area contributed by atoms with E-state index in [2.05, 4.69) is 5.43 Å². The Kier molecular flexibility index (Phi) is 2.19. The maximum absolute atomic E-state index is 11.5. The highest BCUT2D eigenvalue weighted by atomic mass is 16.2. The third kappa shape index (κ3) is 1.91. The van der Waals surface area contributed by atoms with Gasteiger partial charge in [-0.2, -0.15) is 0 Å². The zero-order valence-corrected chi connectivity index (χ0v) is 8.42. The second kappa shape index (κ2) is 2.90. The molecule has 1 aliphatic rings. The molecule has 0 aromatic heterocycles. The van der Waals surface area contributed by atoms with Crippen molar-refractivity contribution in [2.24, 2.45) is 0 Å². The van der Waals surface area contributed by atoms with Crippen LogP contribution >= 0.6 is 0 Å². The van der Waals surface area contributed by atoms with Crippen molar-refractivity contribution in [1.82, 2.24) is 15.3 Å². The molecule has 0 bridgehead atoms. The average Bonchev–Trinajstić information content (AvgIpc) is 1.94. The predicted octanol–water partition coefficient (Wildman–Crippen LogP) is 0.183. The maximum Gasteiger partial charge on any atom is 0.336 e. The number of carbonyl (C=O) groups is 2. The summed E-state index contributed by atoms with van der Waals surface area (Å²) in [5.74, 6) is -0.0883. The van der Waals surface area contributed by atoms with E-state index in [9.17, 15) is 9.59 Å². The second-order valence-corrected chi connectivity index (χ2v) is 4.17. The Morgan fingerprint density at radius 2 is 1.85 bits per heavy atom. The van der Waals surface area contributed by atoms with E-state index >= 15 is 0 Å². The van der Waals surface area contributed by atoms with Crippen molar-refractivity contribution in [2.75, 3.05) is 13.6 Å². The number of hydrazine groups is 1. The molecule has 0 radical (unpaired) electrons. The summed E-state index contributed by atoms with van der Waals surface area (Å²) in [5.41, 5.74) is 2.16. The summed E-state index contributed by atoms with van der Waals surface area (Å²) in [5, 5.41) is 1.37. The van der Waals surface area contributed by atoms with Crippen LogP contribution in [0, 0.1) is 0 Å².